The number of cyclic esters (lactones) is 1. The van der Waals surface area contributed by atoms with Crippen LogP contribution in [0.5, 0.6) is 0 Å². The number of esters is 2. The first-order valence-corrected chi connectivity index (χ1v) is 7.87. The summed E-state index contributed by atoms with van der Waals surface area (Å²) >= 11 is 0. The molecule has 1 aliphatic rings. The summed E-state index contributed by atoms with van der Waals surface area (Å²) in [5.41, 5.74) is 1.63. The van der Waals surface area contributed by atoms with E-state index in [4.69, 9.17) is 4.74 Å². The van der Waals surface area contributed by atoms with Crippen LogP contribution in [0.15, 0.2) is 42.0 Å². The molecule has 0 fully saturated rings. The van der Waals surface area contributed by atoms with Gasteiger partial charge in [-0.25, -0.2) is 4.79 Å². The van der Waals surface area contributed by atoms with Crippen molar-refractivity contribution in [2.24, 2.45) is 0 Å². The smallest absolute Gasteiger partial charge is 0.333 e. The predicted octanol–water partition coefficient (Wildman–Crippen LogP) is 2.52. The number of carbonyl (C=O) groups is 2. The number of hydrogen-bond donors (Lipinski definition) is 1. The van der Waals surface area contributed by atoms with Gasteiger partial charge in [0.1, 0.15) is 6.10 Å². The fraction of sp³-hybridized carbons (Fsp3) is 0.444. The van der Waals surface area contributed by atoms with E-state index >= 15 is 0 Å². The molecule has 0 saturated carbocycles. The van der Waals surface area contributed by atoms with Crippen molar-refractivity contribution >= 4 is 11.9 Å². The third-order valence-corrected chi connectivity index (χ3v) is 3.75. The van der Waals surface area contributed by atoms with Crippen LogP contribution in [0.25, 0.3) is 0 Å². The fourth-order valence-corrected chi connectivity index (χ4v) is 2.65. The number of carbonyl (C=O) groups excluding carboxylic acids is 2. The van der Waals surface area contributed by atoms with Crippen molar-refractivity contribution in [2.75, 3.05) is 0 Å². The number of hydrogen-bond acceptors (Lipinski definition) is 5. The molecule has 0 saturated heterocycles. The minimum absolute atomic E-state index is 0.327. The lowest BCUT2D eigenvalue weighted by molar-refractivity contribution is -0.153. The maximum Gasteiger partial charge on any atom is 0.333 e. The van der Waals surface area contributed by atoms with Gasteiger partial charge in [-0.15, -0.1) is 0 Å². The van der Waals surface area contributed by atoms with Crippen molar-refractivity contribution in [1.29, 1.82) is 0 Å². The van der Waals surface area contributed by atoms with E-state index < -0.39 is 24.3 Å². The second-order valence-electron chi connectivity index (χ2n) is 5.62. The van der Waals surface area contributed by atoms with Gasteiger partial charge in [0.25, 0.3) is 0 Å². The van der Waals surface area contributed by atoms with E-state index in [-0.39, 0.29) is 0 Å². The van der Waals surface area contributed by atoms with Crippen LogP contribution >= 0.6 is 0 Å². The lowest BCUT2D eigenvalue weighted by Crippen LogP contribution is -2.25. The number of unbranched alkanes of at least 4 members (excludes halogenated alkanes) is 2. The summed E-state index contributed by atoms with van der Waals surface area (Å²) in [6.07, 6.45) is 3.71. The molecule has 2 unspecified atom stereocenters. The molecule has 5 heteroatoms. The number of aliphatic hydroxyl groups excluding tert-OH is 1. The van der Waals surface area contributed by atoms with Gasteiger partial charge < -0.3 is 14.6 Å². The first-order chi connectivity index (χ1) is 11.1. The second kappa shape index (κ2) is 8.48. The Morgan fingerprint density at radius 1 is 1.26 bits per heavy atom. The quantitative estimate of drug-likeness (QED) is 0.589. The van der Waals surface area contributed by atoms with Gasteiger partial charge in [0.15, 0.2) is 0 Å². The Balaban J connectivity index is 1.78. The molecular formula is C18H22O5. The minimum atomic E-state index is -1.31. The van der Waals surface area contributed by atoms with E-state index in [9.17, 15) is 14.7 Å². The molecule has 0 aromatic heterocycles. The molecule has 0 amide bonds. The van der Waals surface area contributed by atoms with Crippen LogP contribution < -0.4 is 0 Å². The van der Waals surface area contributed by atoms with E-state index in [1.54, 1.807) is 0 Å². The highest BCUT2D eigenvalue weighted by Gasteiger charge is 2.31. The summed E-state index contributed by atoms with van der Waals surface area (Å²) < 4.78 is 9.87. The van der Waals surface area contributed by atoms with Crippen molar-refractivity contribution < 1.29 is 24.2 Å². The number of benzene rings is 1. The first-order valence-electron chi connectivity index (χ1n) is 7.87. The Kier molecular flexibility index (Phi) is 6.35. The van der Waals surface area contributed by atoms with E-state index in [0.717, 1.165) is 25.7 Å². The average molecular weight is 318 g/mol. The Labute approximate surface area is 135 Å². The van der Waals surface area contributed by atoms with Crippen molar-refractivity contribution in [1.82, 2.24) is 0 Å². The van der Waals surface area contributed by atoms with Crippen LogP contribution in [0.1, 0.15) is 38.2 Å². The van der Waals surface area contributed by atoms with Gasteiger partial charge in [0.05, 0.1) is 0 Å². The first kappa shape index (κ1) is 17.2. The van der Waals surface area contributed by atoms with E-state index in [0.29, 0.717) is 12.0 Å². The highest BCUT2D eigenvalue weighted by atomic mass is 16.6. The molecule has 0 bridgehead atoms. The molecule has 0 radical (unpaired) electrons. The maximum absolute atomic E-state index is 11.2. The molecule has 2 rings (SSSR count). The molecule has 1 aliphatic heterocycles. The SMILES string of the molecule is CC(=O)OC(CCCCCc1ccccc1)C1=CC(=O)OC1O. The van der Waals surface area contributed by atoms with Crippen LogP contribution in [0.2, 0.25) is 0 Å². The molecule has 124 valence electrons. The van der Waals surface area contributed by atoms with Gasteiger partial charge in [0, 0.05) is 18.6 Å². The van der Waals surface area contributed by atoms with E-state index in [2.05, 4.69) is 16.9 Å². The summed E-state index contributed by atoms with van der Waals surface area (Å²) in [7, 11) is 0. The zero-order chi connectivity index (χ0) is 16.7. The lowest BCUT2D eigenvalue weighted by Gasteiger charge is -2.19. The van der Waals surface area contributed by atoms with Gasteiger partial charge >= 0.3 is 11.9 Å². The van der Waals surface area contributed by atoms with Gasteiger partial charge in [0.2, 0.25) is 6.29 Å². The molecule has 1 aromatic carbocycles. The molecule has 1 heterocycles. The Morgan fingerprint density at radius 2 is 2.00 bits per heavy atom. The predicted molar refractivity (Wildman–Crippen MR) is 84.3 cm³/mol. The van der Waals surface area contributed by atoms with Crippen LogP contribution in [0.3, 0.4) is 0 Å². The second-order valence-corrected chi connectivity index (χ2v) is 5.62. The Bertz CT molecular complexity index is 564. The van der Waals surface area contributed by atoms with Gasteiger partial charge in [-0.05, 0) is 31.2 Å². The molecule has 0 spiro atoms. The number of ether oxygens (including phenoxy) is 2. The standard InChI is InChI=1S/C18H22O5/c1-13(19)22-16(15-12-17(20)23-18(15)21)11-7-3-6-10-14-8-4-2-5-9-14/h2,4-5,8-9,12,16,18,21H,3,6-7,10-11H2,1H3. The molecule has 5 nitrogen and oxygen atoms in total. The van der Waals surface area contributed by atoms with Gasteiger partial charge in [-0.2, -0.15) is 0 Å². The van der Waals surface area contributed by atoms with Crippen LogP contribution in [0, 0.1) is 0 Å². The van der Waals surface area contributed by atoms with Gasteiger partial charge in [-0.3, -0.25) is 4.79 Å². The number of aryl methyl sites for hydroxylation is 1. The molecule has 2 atom stereocenters. The molecule has 0 aliphatic carbocycles. The Hall–Kier alpha value is -2.14. The molecule has 1 N–H and O–H groups in total. The summed E-state index contributed by atoms with van der Waals surface area (Å²) in [5.74, 6) is -1.04. The normalized spacial score (nSPS) is 18.3. The third kappa shape index (κ3) is 5.53. The summed E-state index contributed by atoms with van der Waals surface area (Å²) in [4.78, 5) is 22.4. The minimum Gasteiger partial charge on any atom is -0.458 e. The summed E-state index contributed by atoms with van der Waals surface area (Å²) in [6.45, 7) is 1.31. The monoisotopic (exact) mass is 318 g/mol. The van der Waals surface area contributed by atoms with Gasteiger partial charge in [-0.1, -0.05) is 36.8 Å². The largest absolute Gasteiger partial charge is 0.458 e. The van der Waals surface area contributed by atoms with Crippen LogP contribution in [-0.2, 0) is 25.5 Å². The third-order valence-electron chi connectivity index (χ3n) is 3.75. The van der Waals surface area contributed by atoms with Crippen molar-refractivity contribution in [2.45, 2.75) is 51.4 Å². The van der Waals surface area contributed by atoms with Crippen LogP contribution in [-0.4, -0.2) is 29.4 Å². The summed E-state index contributed by atoms with van der Waals surface area (Å²) in [5, 5.41) is 9.69. The topological polar surface area (TPSA) is 72.8 Å². The fourth-order valence-electron chi connectivity index (χ4n) is 2.65. The number of aliphatic hydroxyl groups is 1. The van der Waals surface area contributed by atoms with Crippen molar-refractivity contribution in [3.63, 3.8) is 0 Å². The van der Waals surface area contributed by atoms with Crippen LogP contribution in [0.4, 0.5) is 0 Å². The maximum atomic E-state index is 11.2. The Morgan fingerprint density at radius 3 is 2.61 bits per heavy atom. The summed E-state index contributed by atoms with van der Waals surface area (Å²) in [6, 6.07) is 10.2. The zero-order valence-electron chi connectivity index (χ0n) is 13.2. The van der Waals surface area contributed by atoms with Crippen molar-refractivity contribution in [3.8, 4) is 0 Å². The molecular weight excluding hydrogens is 296 g/mol. The van der Waals surface area contributed by atoms with E-state index in [1.165, 1.54) is 18.6 Å². The van der Waals surface area contributed by atoms with Crippen molar-refractivity contribution in [3.05, 3.63) is 47.5 Å². The highest BCUT2D eigenvalue weighted by molar-refractivity contribution is 5.86. The number of rotatable bonds is 8. The zero-order valence-corrected chi connectivity index (χ0v) is 13.2. The molecule has 23 heavy (non-hydrogen) atoms. The van der Waals surface area contributed by atoms with E-state index in [1.807, 2.05) is 18.2 Å². The highest BCUT2D eigenvalue weighted by Crippen LogP contribution is 2.24. The molecule has 1 aromatic rings. The lowest BCUT2D eigenvalue weighted by atomic mass is 10.0. The average Bonchev–Trinajstić information content (AvgIpc) is 2.85.